The predicted molar refractivity (Wildman–Crippen MR) is 104 cm³/mol. The lowest BCUT2D eigenvalue weighted by molar-refractivity contribution is 0.462. The van der Waals surface area contributed by atoms with Gasteiger partial charge in [-0.15, -0.1) is 0 Å². The summed E-state index contributed by atoms with van der Waals surface area (Å²) in [7, 11) is 1.86. The quantitative estimate of drug-likeness (QED) is 0.584. The van der Waals surface area contributed by atoms with E-state index >= 15 is 0 Å². The smallest absolute Gasteiger partial charge is 0.219 e. The largest absolute Gasteiger partial charge is 0.439 e. The second kappa shape index (κ2) is 7.03. The molecule has 0 saturated carbocycles. The lowest BCUT2D eigenvalue weighted by Crippen LogP contribution is -2.03. The standard InChI is InChI=1S/C20H20N6O/c1-13-4-5-16(8-14(13)2)27-18-9-15(6-7-21-18)10-22-19-17-11-25-26(3)20(17)24-12-23-19/h4-9,11-12H,10H2,1-3H3,(H,22,23,24). The van der Waals surface area contributed by atoms with Gasteiger partial charge < -0.3 is 10.1 Å². The van der Waals surface area contributed by atoms with Gasteiger partial charge in [0.2, 0.25) is 5.88 Å². The molecule has 4 aromatic rings. The lowest BCUT2D eigenvalue weighted by Gasteiger charge is -2.10. The fraction of sp³-hybridized carbons (Fsp3) is 0.200. The number of aromatic nitrogens is 5. The molecule has 0 aliphatic rings. The summed E-state index contributed by atoms with van der Waals surface area (Å²) in [6, 6.07) is 9.88. The molecule has 4 rings (SSSR count). The van der Waals surface area contributed by atoms with E-state index in [-0.39, 0.29) is 0 Å². The summed E-state index contributed by atoms with van der Waals surface area (Å²) in [5, 5.41) is 8.46. The zero-order chi connectivity index (χ0) is 18.8. The molecular formula is C20H20N6O. The highest BCUT2D eigenvalue weighted by molar-refractivity contribution is 5.85. The topological polar surface area (TPSA) is 77.8 Å². The van der Waals surface area contributed by atoms with Crippen molar-refractivity contribution in [2.75, 3.05) is 5.32 Å². The number of benzene rings is 1. The summed E-state index contributed by atoms with van der Waals surface area (Å²) in [5.41, 5.74) is 4.26. The summed E-state index contributed by atoms with van der Waals surface area (Å²) in [6.45, 7) is 4.74. The molecule has 0 fully saturated rings. The Bertz CT molecular complexity index is 1100. The fourth-order valence-corrected chi connectivity index (χ4v) is 2.80. The van der Waals surface area contributed by atoms with Crippen LogP contribution in [0, 0.1) is 13.8 Å². The van der Waals surface area contributed by atoms with Gasteiger partial charge in [0.15, 0.2) is 5.65 Å². The fourth-order valence-electron chi connectivity index (χ4n) is 2.80. The molecule has 7 heteroatoms. The van der Waals surface area contributed by atoms with Gasteiger partial charge in [-0.1, -0.05) is 6.07 Å². The van der Waals surface area contributed by atoms with Crippen LogP contribution in [-0.2, 0) is 13.6 Å². The molecule has 1 aromatic carbocycles. The van der Waals surface area contributed by atoms with Gasteiger partial charge in [-0.2, -0.15) is 5.10 Å². The van der Waals surface area contributed by atoms with E-state index in [0.29, 0.717) is 12.4 Å². The Kier molecular flexibility index (Phi) is 4.42. The van der Waals surface area contributed by atoms with Crippen molar-refractivity contribution in [3.8, 4) is 11.6 Å². The van der Waals surface area contributed by atoms with E-state index < -0.39 is 0 Å². The molecule has 7 nitrogen and oxygen atoms in total. The van der Waals surface area contributed by atoms with Crippen LogP contribution in [0.1, 0.15) is 16.7 Å². The zero-order valence-electron chi connectivity index (χ0n) is 15.5. The van der Waals surface area contributed by atoms with E-state index in [1.165, 1.54) is 17.5 Å². The Labute approximate surface area is 157 Å². The van der Waals surface area contributed by atoms with Crippen LogP contribution in [-0.4, -0.2) is 24.7 Å². The third-order valence-electron chi connectivity index (χ3n) is 4.49. The van der Waals surface area contributed by atoms with Crippen molar-refractivity contribution in [2.45, 2.75) is 20.4 Å². The Morgan fingerprint density at radius 2 is 1.93 bits per heavy atom. The van der Waals surface area contributed by atoms with Gasteiger partial charge in [0.05, 0.1) is 11.6 Å². The average Bonchev–Trinajstić information content (AvgIpc) is 3.05. The van der Waals surface area contributed by atoms with Gasteiger partial charge in [0.1, 0.15) is 17.9 Å². The molecule has 0 bridgehead atoms. The van der Waals surface area contributed by atoms with Crippen LogP contribution in [0.4, 0.5) is 5.82 Å². The number of nitrogens with zero attached hydrogens (tertiary/aromatic N) is 5. The summed E-state index contributed by atoms with van der Waals surface area (Å²) in [4.78, 5) is 12.9. The van der Waals surface area contributed by atoms with E-state index in [2.05, 4.69) is 39.2 Å². The number of hydrogen-bond donors (Lipinski definition) is 1. The maximum atomic E-state index is 5.90. The van der Waals surface area contributed by atoms with Crippen molar-refractivity contribution in [2.24, 2.45) is 7.05 Å². The summed E-state index contributed by atoms with van der Waals surface area (Å²) in [6.07, 6.45) is 5.04. The first-order valence-electron chi connectivity index (χ1n) is 8.67. The van der Waals surface area contributed by atoms with Gasteiger partial charge >= 0.3 is 0 Å². The normalized spacial score (nSPS) is 10.9. The Morgan fingerprint density at radius 3 is 2.78 bits per heavy atom. The van der Waals surface area contributed by atoms with Gasteiger partial charge in [0.25, 0.3) is 0 Å². The highest BCUT2D eigenvalue weighted by Crippen LogP contribution is 2.23. The van der Waals surface area contributed by atoms with E-state index in [4.69, 9.17) is 4.74 Å². The monoisotopic (exact) mass is 360 g/mol. The highest BCUT2D eigenvalue weighted by atomic mass is 16.5. The predicted octanol–water partition coefficient (Wildman–Crippen LogP) is 3.78. The van der Waals surface area contributed by atoms with Crippen LogP contribution in [0.5, 0.6) is 11.6 Å². The summed E-state index contributed by atoms with van der Waals surface area (Å²) >= 11 is 0. The molecule has 0 aliphatic heterocycles. The Balaban J connectivity index is 1.50. The minimum absolute atomic E-state index is 0.562. The van der Waals surface area contributed by atoms with Crippen LogP contribution in [0.15, 0.2) is 49.1 Å². The second-order valence-electron chi connectivity index (χ2n) is 6.43. The molecule has 0 unspecified atom stereocenters. The van der Waals surface area contributed by atoms with Gasteiger partial charge in [-0.25, -0.2) is 15.0 Å². The van der Waals surface area contributed by atoms with Crippen LogP contribution < -0.4 is 10.1 Å². The molecule has 27 heavy (non-hydrogen) atoms. The molecule has 0 radical (unpaired) electrons. The number of rotatable bonds is 5. The van der Waals surface area contributed by atoms with E-state index in [0.717, 1.165) is 28.2 Å². The first kappa shape index (κ1) is 17.0. The Hall–Kier alpha value is -3.48. The third-order valence-corrected chi connectivity index (χ3v) is 4.49. The third kappa shape index (κ3) is 3.57. The number of hydrogen-bond acceptors (Lipinski definition) is 6. The number of pyridine rings is 1. The van der Waals surface area contributed by atoms with Crippen LogP contribution >= 0.6 is 0 Å². The minimum atomic E-state index is 0.562. The first-order chi connectivity index (χ1) is 13.1. The number of fused-ring (bicyclic) bond motifs is 1. The maximum absolute atomic E-state index is 5.90. The van der Waals surface area contributed by atoms with Crippen molar-refractivity contribution >= 4 is 16.9 Å². The Morgan fingerprint density at radius 1 is 1.04 bits per heavy atom. The van der Waals surface area contributed by atoms with Gasteiger partial charge in [-0.3, -0.25) is 4.68 Å². The molecule has 0 atom stereocenters. The number of aryl methyl sites for hydroxylation is 3. The number of anilines is 1. The SMILES string of the molecule is Cc1ccc(Oc2cc(CNc3ncnc4c3cnn4C)ccn2)cc1C. The molecule has 0 saturated heterocycles. The molecule has 0 amide bonds. The summed E-state index contributed by atoms with van der Waals surface area (Å²) in [5.74, 6) is 2.09. The number of ether oxygens (including phenoxy) is 1. The average molecular weight is 360 g/mol. The van der Waals surface area contributed by atoms with Crippen molar-refractivity contribution < 1.29 is 4.74 Å². The molecule has 136 valence electrons. The molecule has 0 spiro atoms. The van der Waals surface area contributed by atoms with Crippen LogP contribution in [0.3, 0.4) is 0 Å². The van der Waals surface area contributed by atoms with E-state index in [1.807, 2.05) is 37.4 Å². The van der Waals surface area contributed by atoms with E-state index in [1.54, 1.807) is 17.1 Å². The van der Waals surface area contributed by atoms with Gasteiger partial charge in [0, 0.05) is 25.9 Å². The minimum Gasteiger partial charge on any atom is -0.439 e. The van der Waals surface area contributed by atoms with Crippen molar-refractivity contribution in [3.05, 3.63) is 65.7 Å². The molecule has 3 heterocycles. The highest BCUT2D eigenvalue weighted by Gasteiger charge is 2.08. The molecule has 1 N–H and O–H groups in total. The van der Waals surface area contributed by atoms with Gasteiger partial charge in [-0.05, 0) is 48.7 Å². The lowest BCUT2D eigenvalue weighted by atomic mass is 10.1. The van der Waals surface area contributed by atoms with Crippen LogP contribution in [0.25, 0.3) is 11.0 Å². The first-order valence-corrected chi connectivity index (χ1v) is 8.67. The molecule has 3 aromatic heterocycles. The van der Waals surface area contributed by atoms with Crippen LogP contribution in [0.2, 0.25) is 0 Å². The molecule has 0 aliphatic carbocycles. The van der Waals surface area contributed by atoms with Crippen molar-refractivity contribution in [3.63, 3.8) is 0 Å². The van der Waals surface area contributed by atoms with Crippen molar-refractivity contribution in [1.82, 2.24) is 24.7 Å². The van der Waals surface area contributed by atoms with E-state index in [9.17, 15) is 0 Å². The van der Waals surface area contributed by atoms with Crippen molar-refractivity contribution in [1.29, 1.82) is 0 Å². The zero-order valence-corrected chi connectivity index (χ0v) is 15.5. The second-order valence-corrected chi connectivity index (χ2v) is 6.43. The maximum Gasteiger partial charge on any atom is 0.219 e. The number of nitrogens with one attached hydrogen (secondary N) is 1. The molecular weight excluding hydrogens is 340 g/mol. The summed E-state index contributed by atoms with van der Waals surface area (Å²) < 4.78 is 7.63.